The Morgan fingerprint density at radius 2 is 1.44 bits per heavy atom. The van der Waals surface area contributed by atoms with E-state index in [1.807, 2.05) is 18.7 Å². The number of hydrogen-bond donors (Lipinski definition) is 1. The van der Waals surface area contributed by atoms with Gasteiger partial charge in [0.2, 0.25) is 11.8 Å². The summed E-state index contributed by atoms with van der Waals surface area (Å²) in [6.07, 6.45) is 7.08. The summed E-state index contributed by atoms with van der Waals surface area (Å²) in [5.74, 6) is 0.991. The highest BCUT2D eigenvalue weighted by Gasteiger charge is 2.55. The van der Waals surface area contributed by atoms with E-state index in [9.17, 15) is 18.8 Å². The topological polar surface area (TPSA) is 69.7 Å². The molecule has 34 heavy (non-hydrogen) atoms. The minimum absolute atomic E-state index is 0.0630. The summed E-state index contributed by atoms with van der Waals surface area (Å²) >= 11 is 0. The first-order valence-electron chi connectivity index (χ1n) is 12.9. The molecule has 1 aromatic carbocycles. The third kappa shape index (κ3) is 4.22. The van der Waals surface area contributed by atoms with Gasteiger partial charge in [-0.2, -0.15) is 0 Å². The molecular formula is C27H36FN3O3. The predicted octanol–water partition coefficient (Wildman–Crippen LogP) is 3.47. The van der Waals surface area contributed by atoms with Gasteiger partial charge >= 0.3 is 0 Å². The average Bonchev–Trinajstić information content (AvgIpc) is 2.81. The van der Waals surface area contributed by atoms with Crippen LogP contribution in [0.25, 0.3) is 0 Å². The van der Waals surface area contributed by atoms with Gasteiger partial charge < -0.3 is 15.1 Å². The fourth-order valence-corrected chi connectivity index (χ4v) is 7.41. The van der Waals surface area contributed by atoms with Crippen molar-refractivity contribution >= 4 is 17.7 Å². The Morgan fingerprint density at radius 3 is 1.97 bits per heavy atom. The maximum absolute atomic E-state index is 14.0. The number of nitrogens with one attached hydrogen (secondary N) is 1. The number of carbonyl (C=O) groups excluding carboxylic acids is 3. The number of carbonyl (C=O) groups is 3. The van der Waals surface area contributed by atoms with Gasteiger partial charge in [0.05, 0.1) is 11.0 Å². The van der Waals surface area contributed by atoms with Gasteiger partial charge in [-0.25, -0.2) is 4.39 Å². The Bertz CT molecular complexity index is 934. The molecule has 4 bridgehead atoms. The van der Waals surface area contributed by atoms with Gasteiger partial charge in [0.25, 0.3) is 5.91 Å². The molecule has 0 spiro atoms. The lowest BCUT2D eigenvalue weighted by Gasteiger charge is -2.57. The molecule has 4 saturated carbocycles. The number of piperazine rings is 1. The summed E-state index contributed by atoms with van der Waals surface area (Å²) in [5.41, 5.74) is -0.221. The monoisotopic (exact) mass is 469 g/mol. The van der Waals surface area contributed by atoms with Crippen LogP contribution in [0.15, 0.2) is 24.3 Å². The second kappa shape index (κ2) is 8.97. The molecule has 1 saturated heterocycles. The van der Waals surface area contributed by atoms with Crippen LogP contribution in [0.5, 0.6) is 0 Å². The molecule has 7 heteroatoms. The van der Waals surface area contributed by atoms with Crippen molar-refractivity contribution in [2.75, 3.05) is 26.2 Å². The van der Waals surface area contributed by atoms with Gasteiger partial charge in [-0.1, -0.05) is 26.0 Å². The predicted molar refractivity (Wildman–Crippen MR) is 126 cm³/mol. The molecule has 5 aliphatic rings. The summed E-state index contributed by atoms with van der Waals surface area (Å²) in [7, 11) is 0. The van der Waals surface area contributed by atoms with E-state index in [4.69, 9.17) is 0 Å². The van der Waals surface area contributed by atoms with Crippen LogP contribution in [-0.2, 0) is 9.59 Å². The lowest BCUT2D eigenvalue weighted by atomic mass is 9.49. The van der Waals surface area contributed by atoms with Gasteiger partial charge in [-0.15, -0.1) is 0 Å². The maximum Gasteiger partial charge on any atom is 0.254 e. The quantitative estimate of drug-likeness (QED) is 0.718. The zero-order valence-electron chi connectivity index (χ0n) is 20.3. The standard InChI is InChI=1S/C27H36FN3O3/c1-17(2)23(29-24(32)21-5-3-4-6-22(21)28)25(33)30-7-9-31(10-8-30)26(34)27-14-18-11-19(15-27)13-20(12-18)16-27/h3-6,17-20,23H,7-16H2,1-2H3,(H,29,32). The van der Waals surface area contributed by atoms with Crippen molar-refractivity contribution in [3.05, 3.63) is 35.6 Å². The SMILES string of the molecule is CC(C)C(NC(=O)c1ccccc1F)C(=O)N1CCN(C(=O)C23CC4CC(CC(C4)C2)C3)CC1. The fraction of sp³-hybridized carbons (Fsp3) is 0.667. The molecule has 4 aliphatic carbocycles. The van der Waals surface area contributed by atoms with Crippen molar-refractivity contribution in [2.45, 2.75) is 58.4 Å². The second-order valence-corrected chi connectivity index (χ2v) is 11.5. The number of rotatable bonds is 5. The van der Waals surface area contributed by atoms with Crippen LogP contribution < -0.4 is 5.32 Å². The first-order chi connectivity index (χ1) is 16.3. The zero-order chi connectivity index (χ0) is 24.0. The Balaban J connectivity index is 1.20. The van der Waals surface area contributed by atoms with E-state index in [2.05, 4.69) is 5.32 Å². The van der Waals surface area contributed by atoms with E-state index in [0.717, 1.165) is 37.0 Å². The number of nitrogens with zero attached hydrogens (tertiary/aromatic N) is 2. The van der Waals surface area contributed by atoms with Crippen molar-refractivity contribution in [1.82, 2.24) is 15.1 Å². The van der Waals surface area contributed by atoms with Crippen LogP contribution >= 0.6 is 0 Å². The van der Waals surface area contributed by atoms with Gasteiger partial charge in [-0.3, -0.25) is 14.4 Å². The van der Waals surface area contributed by atoms with Crippen LogP contribution in [0.2, 0.25) is 0 Å². The van der Waals surface area contributed by atoms with Crippen molar-refractivity contribution in [3.63, 3.8) is 0 Å². The third-order valence-electron chi connectivity index (χ3n) is 8.71. The van der Waals surface area contributed by atoms with Crippen LogP contribution in [0.3, 0.4) is 0 Å². The van der Waals surface area contributed by atoms with Crippen molar-refractivity contribution in [3.8, 4) is 0 Å². The summed E-state index contributed by atoms with van der Waals surface area (Å²) in [6, 6.07) is 5.05. The normalized spacial score (nSPS) is 31.0. The molecule has 0 aromatic heterocycles. The lowest BCUT2D eigenvalue weighted by molar-refractivity contribution is -0.160. The molecule has 1 heterocycles. The van der Waals surface area contributed by atoms with Crippen molar-refractivity contribution < 1.29 is 18.8 Å². The lowest BCUT2D eigenvalue weighted by Crippen LogP contribution is -2.60. The Morgan fingerprint density at radius 1 is 0.912 bits per heavy atom. The van der Waals surface area contributed by atoms with E-state index in [-0.39, 0.29) is 22.8 Å². The summed E-state index contributed by atoms with van der Waals surface area (Å²) < 4.78 is 14.0. The molecule has 1 N–H and O–H groups in total. The van der Waals surface area contributed by atoms with Crippen LogP contribution in [0.1, 0.15) is 62.7 Å². The van der Waals surface area contributed by atoms with Crippen molar-refractivity contribution in [1.29, 1.82) is 0 Å². The van der Waals surface area contributed by atoms with E-state index in [0.29, 0.717) is 32.1 Å². The van der Waals surface area contributed by atoms with Crippen LogP contribution in [-0.4, -0.2) is 59.7 Å². The van der Waals surface area contributed by atoms with Gasteiger partial charge in [-0.05, 0) is 74.3 Å². The molecular weight excluding hydrogens is 433 g/mol. The van der Waals surface area contributed by atoms with Crippen LogP contribution in [0, 0.1) is 34.9 Å². The first-order valence-corrected chi connectivity index (χ1v) is 12.9. The van der Waals surface area contributed by atoms with Gasteiger partial charge in [0.15, 0.2) is 0 Å². The van der Waals surface area contributed by atoms with E-state index >= 15 is 0 Å². The van der Waals surface area contributed by atoms with E-state index in [1.54, 1.807) is 11.0 Å². The minimum Gasteiger partial charge on any atom is -0.340 e. The molecule has 1 unspecified atom stereocenters. The summed E-state index contributed by atoms with van der Waals surface area (Å²) in [6.45, 7) is 5.76. The first kappa shape index (κ1) is 23.3. The second-order valence-electron chi connectivity index (χ2n) is 11.5. The molecule has 5 fully saturated rings. The molecule has 1 aromatic rings. The average molecular weight is 470 g/mol. The summed E-state index contributed by atoms with van der Waals surface area (Å²) in [5, 5.41) is 2.74. The summed E-state index contributed by atoms with van der Waals surface area (Å²) in [4.78, 5) is 43.3. The molecule has 184 valence electrons. The molecule has 0 radical (unpaired) electrons. The highest BCUT2D eigenvalue weighted by Crippen LogP contribution is 2.60. The zero-order valence-corrected chi connectivity index (χ0v) is 20.3. The van der Waals surface area contributed by atoms with Gasteiger partial charge in [0.1, 0.15) is 11.9 Å². The van der Waals surface area contributed by atoms with E-state index in [1.165, 1.54) is 37.5 Å². The van der Waals surface area contributed by atoms with Gasteiger partial charge in [0, 0.05) is 26.2 Å². The van der Waals surface area contributed by atoms with E-state index < -0.39 is 17.8 Å². The van der Waals surface area contributed by atoms with Crippen LogP contribution in [0.4, 0.5) is 4.39 Å². The highest BCUT2D eigenvalue weighted by atomic mass is 19.1. The number of benzene rings is 1. The highest BCUT2D eigenvalue weighted by molar-refractivity contribution is 5.97. The number of hydrogen-bond acceptors (Lipinski definition) is 3. The van der Waals surface area contributed by atoms with Crippen molar-refractivity contribution in [2.24, 2.45) is 29.1 Å². The molecule has 1 atom stereocenters. The third-order valence-corrected chi connectivity index (χ3v) is 8.71. The molecule has 3 amide bonds. The number of amides is 3. The maximum atomic E-state index is 14.0. The Labute approximate surface area is 201 Å². The molecule has 1 aliphatic heterocycles. The minimum atomic E-state index is -0.738. The fourth-order valence-electron chi connectivity index (χ4n) is 7.41. The molecule has 6 rings (SSSR count). The Kier molecular flexibility index (Phi) is 6.15. The number of halogens is 1. The largest absolute Gasteiger partial charge is 0.340 e. The smallest absolute Gasteiger partial charge is 0.254 e. The Hall–Kier alpha value is -2.44. The molecule has 6 nitrogen and oxygen atoms in total.